The van der Waals surface area contributed by atoms with Crippen LogP contribution < -0.4 is 9.47 Å². The van der Waals surface area contributed by atoms with Gasteiger partial charge in [0.15, 0.2) is 17.1 Å². The van der Waals surface area contributed by atoms with Crippen LogP contribution in [0.15, 0.2) is 106 Å². The summed E-state index contributed by atoms with van der Waals surface area (Å²) in [7, 11) is -0.979. The van der Waals surface area contributed by atoms with Crippen LogP contribution in [-0.4, -0.2) is 47.4 Å². The summed E-state index contributed by atoms with van der Waals surface area (Å²) in [5.41, 5.74) is 3.13. The number of pyridine rings is 1. The molecule has 10 nitrogen and oxygen atoms in total. The molecule has 0 bridgehead atoms. The van der Waals surface area contributed by atoms with Gasteiger partial charge in [0.25, 0.3) is 0 Å². The second-order valence-electron chi connectivity index (χ2n) is 8.51. The van der Waals surface area contributed by atoms with E-state index in [0.29, 0.717) is 17.2 Å². The van der Waals surface area contributed by atoms with Crippen LogP contribution in [0.3, 0.4) is 0 Å². The summed E-state index contributed by atoms with van der Waals surface area (Å²) in [5, 5.41) is 8.78. The third-order valence-corrected chi connectivity index (χ3v) is 8.02. The summed E-state index contributed by atoms with van der Waals surface area (Å²) in [6.45, 7) is 0. The van der Waals surface area contributed by atoms with Gasteiger partial charge < -0.3 is 14.0 Å². The standard InChI is InChI=1S/C28H21N5O5S/c1-36-21-5-3-19(4-6-21)24-15-25(38-32-24)26-27(39(34,35)23-9-7-22(37-2)8-10-23)28-30-16-20(17-33(28)31-26)18-11-13-29-14-12-18/h3-17H,1-2H3. The highest BCUT2D eigenvalue weighted by molar-refractivity contribution is 7.91. The minimum atomic E-state index is -4.08. The molecule has 0 N–H and O–H groups in total. The van der Waals surface area contributed by atoms with E-state index in [1.165, 1.54) is 23.8 Å². The molecule has 4 heterocycles. The fourth-order valence-electron chi connectivity index (χ4n) is 4.17. The molecule has 2 aromatic carbocycles. The molecule has 194 valence electrons. The molecule has 6 aromatic rings. The topological polar surface area (TPSA) is 122 Å². The Morgan fingerprint density at radius 2 is 1.49 bits per heavy atom. The van der Waals surface area contributed by atoms with Gasteiger partial charge >= 0.3 is 0 Å². The van der Waals surface area contributed by atoms with Gasteiger partial charge in [-0.05, 0) is 66.2 Å². The summed E-state index contributed by atoms with van der Waals surface area (Å²) in [5.74, 6) is 1.42. The van der Waals surface area contributed by atoms with Crippen molar-refractivity contribution in [3.8, 4) is 45.3 Å². The van der Waals surface area contributed by atoms with Crippen LogP contribution >= 0.6 is 0 Å². The number of hydrogen-bond donors (Lipinski definition) is 0. The molecule has 0 radical (unpaired) electrons. The average Bonchev–Trinajstić information content (AvgIpc) is 3.63. The highest BCUT2D eigenvalue weighted by Gasteiger charge is 2.31. The number of rotatable bonds is 7. The van der Waals surface area contributed by atoms with Gasteiger partial charge in [-0.25, -0.2) is 17.9 Å². The Hall–Kier alpha value is -5.03. The van der Waals surface area contributed by atoms with Crippen LogP contribution in [0.1, 0.15) is 0 Å². The maximum atomic E-state index is 14.0. The number of hydrogen-bond acceptors (Lipinski definition) is 9. The quantitative estimate of drug-likeness (QED) is 0.277. The Balaban J connectivity index is 1.53. The van der Waals surface area contributed by atoms with E-state index in [1.54, 1.807) is 62.2 Å². The first-order chi connectivity index (χ1) is 19.0. The summed E-state index contributed by atoms with van der Waals surface area (Å²) >= 11 is 0. The van der Waals surface area contributed by atoms with E-state index >= 15 is 0 Å². The summed E-state index contributed by atoms with van der Waals surface area (Å²) < 4.78 is 45.5. The Morgan fingerprint density at radius 1 is 0.821 bits per heavy atom. The Morgan fingerprint density at radius 3 is 2.15 bits per heavy atom. The molecule has 39 heavy (non-hydrogen) atoms. The lowest BCUT2D eigenvalue weighted by molar-refractivity contribution is 0.414. The molecule has 0 saturated heterocycles. The molecule has 0 aliphatic carbocycles. The van der Waals surface area contributed by atoms with Crippen molar-refractivity contribution >= 4 is 15.5 Å². The zero-order valence-corrected chi connectivity index (χ0v) is 21.7. The first-order valence-corrected chi connectivity index (χ1v) is 13.3. The zero-order valence-electron chi connectivity index (χ0n) is 20.8. The van der Waals surface area contributed by atoms with Crippen LogP contribution in [-0.2, 0) is 9.84 Å². The monoisotopic (exact) mass is 539 g/mol. The number of fused-ring (bicyclic) bond motifs is 1. The van der Waals surface area contributed by atoms with Crippen molar-refractivity contribution in [1.29, 1.82) is 0 Å². The van der Waals surface area contributed by atoms with Gasteiger partial charge in [0.05, 0.1) is 19.1 Å². The van der Waals surface area contributed by atoms with Gasteiger partial charge in [-0.2, -0.15) is 5.10 Å². The van der Waals surface area contributed by atoms with E-state index in [1.807, 2.05) is 24.3 Å². The van der Waals surface area contributed by atoms with Gasteiger partial charge in [-0.15, -0.1) is 0 Å². The van der Waals surface area contributed by atoms with Crippen molar-refractivity contribution in [3.05, 3.63) is 91.5 Å². The maximum Gasteiger partial charge on any atom is 0.212 e. The SMILES string of the molecule is COc1ccc(-c2cc(-c3nn4cc(-c5ccncc5)cnc4c3S(=O)(=O)c3ccc(OC)cc3)on2)cc1. The number of sulfone groups is 1. The summed E-state index contributed by atoms with van der Waals surface area (Å²) in [4.78, 5) is 8.54. The van der Waals surface area contributed by atoms with Crippen LogP contribution in [0.2, 0.25) is 0 Å². The maximum absolute atomic E-state index is 14.0. The fraction of sp³-hybridized carbons (Fsp3) is 0.0714. The smallest absolute Gasteiger partial charge is 0.212 e. The predicted molar refractivity (Wildman–Crippen MR) is 142 cm³/mol. The lowest BCUT2D eigenvalue weighted by atomic mass is 10.1. The largest absolute Gasteiger partial charge is 0.497 e. The lowest BCUT2D eigenvalue weighted by Crippen LogP contribution is -2.04. The molecular weight excluding hydrogens is 518 g/mol. The number of nitrogens with zero attached hydrogens (tertiary/aromatic N) is 5. The highest BCUT2D eigenvalue weighted by atomic mass is 32.2. The minimum Gasteiger partial charge on any atom is -0.497 e. The predicted octanol–water partition coefficient (Wildman–Crippen LogP) is 4.96. The molecule has 0 unspecified atom stereocenters. The van der Waals surface area contributed by atoms with Gasteiger partial charge in [-0.3, -0.25) is 4.98 Å². The third-order valence-electron chi connectivity index (χ3n) is 6.21. The first kappa shape index (κ1) is 24.3. The Kier molecular flexibility index (Phi) is 6.04. The average molecular weight is 540 g/mol. The van der Waals surface area contributed by atoms with E-state index in [4.69, 9.17) is 14.0 Å². The normalized spacial score (nSPS) is 11.5. The molecule has 0 amide bonds. The number of aromatic nitrogens is 5. The van der Waals surface area contributed by atoms with Gasteiger partial charge in [-0.1, -0.05) is 5.16 Å². The van der Waals surface area contributed by atoms with E-state index in [9.17, 15) is 8.42 Å². The van der Waals surface area contributed by atoms with Gasteiger partial charge in [0.2, 0.25) is 9.84 Å². The summed E-state index contributed by atoms with van der Waals surface area (Å²) in [6, 6.07) is 18.7. The van der Waals surface area contributed by atoms with Crippen LogP contribution in [0, 0.1) is 0 Å². The summed E-state index contributed by atoms with van der Waals surface area (Å²) in [6.07, 6.45) is 6.66. The lowest BCUT2D eigenvalue weighted by Gasteiger charge is -2.06. The molecule has 4 aromatic heterocycles. The van der Waals surface area contributed by atoms with Gasteiger partial charge in [0, 0.05) is 42.0 Å². The van der Waals surface area contributed by atoms with Crippen LogP contribution in [0.25, 0.3) is 39.5 Å². The first-order valence-electron chi connectivity index (χ1n) is 11.8. The van der Waals surface area contributed by atoms with Crippen molar-refractivity contribution < 1.29 is 22.4 Å². The van der Waals surface area contributed by atoms with Crippen molar-refractivity contribution in [2.24, 2.45) is 0 Å². The molecule has 11 heteroatoms. The Bertz CT molecular complexity index is 1880. The second kappa shape index (κ2) is 9.69. The minimum absolute atomic E-state index is 0.0642. The van der Waals surface area contributed by atoms with Gasteiger partial charge in [0.1, 0.15) is 22.1 Å². The molecule has 0 saturated carbocycles. The molecule has 0 atom stereocenters. The number of benzene rings is 2. The molecule has 0 aliphatic heterocycles. The molecule has 0 fully saturated rings. The highest BCUT2D eigenvalue weighted by Crippen LogP contribution is 2.36. The van der Waals surface area contributed by atoms with E-state index in [0.717, 1.165) is 16.7 Å². The van der Waals surface area contributed by atoms with E-state index in [2.05, 4.69) is 20.2 Å². The van der Waals surface area contributed by atoms with Crippen LogP contribution in [0.4, 0.5) is 0 Å². The molecule has 0 spiro atoms. The van der Waals surface area contributed by atoms with Crippen molar-refractivity contribution in [3.63, 3.8) is 0 Å². The van der Waals surface area contributed by atoms with Crippen molar-refractivity contribution in [2.45, 2.75) is 9.79 Å². The van der Waals surface area contributed by atoms with E-state index in [-0.39, 0.29) is 26.9 Å². The Labute approximate surface area is 223 Å². The zero-order chi connectivity index (χ0) is 27.0. The van der Waals surface area contributed by atoms with Crippen molar-refractivity contribution in [1.82, 2.24) is 24.7 Å². The molecule has 0 aliphatic rings. The number of methoxy groups -OCH3 is 2. The fourth-order valence-corrected chi connectivity index (χ4v) is 5.69. The van der Waals surface area contributed by atoms with Crippen molar-refractivity contribution in [2.75, 3.05) is 14.2 Å². The van der Waals surface area contributed by atoms with Crippen LogP contribution in [0.5, 0.6) is 11.5 Å². The molecular formula is C28H21N5O5S. The number of ether oxygens (including phenoxy) is 2. The van der Waals surface area contributed by atoms with E-state index < -0.39 is 9.84 Å². The molecule has 6 rings (SSSR count). The third kappa shape index (κ3) is 4.38. The second-order valence-corrected chi connectivity index (χ2v) is 10.4.